The molecule has 0 aromatic heterocycles. The summed E-state index contributed by atoms with van der Waals surface area (Å²) in [5.41, 5.74) is 1.65. The van der Waals surface area contributed by atoms with Crippen LogP contribution in [0.15, 0.2) is 48.5 Å². The van der Waals surface area contributed by atoms with E-state index in [0.29, 0.717) is 36.0 Å². The average Bonchev–Trinajstić information content (AvgIpc) is 2.70. The fraction of sp³-hybridized carbons (Fsp3) is 0.333. The molecule has 0 spiro atoms. The Morgan fingerprint density at radius 3 is 2.43 bits per heavy atom. The molecular weight excluding hydrogens is 397 g/mol. The molecule has 0 atom stereocenters. The van der Waals surface area contributed by atoms with Gasteiger partial charge in [0.25, 0.3) is 0 Å². The van der Waals surface area contributed by atoms with Gasteiger partial charge in [-0.15, -0.1) is 0 Å². The minimum absolute atomic E-state index is 0.0109. The van der Waals surface area contributed by atoms with Crippen molar-refractivity contribution in [2.75, 3.05) is 18.4 Å². The molecule has 3 rings (SSSR count). The number of piperidine rings is 1. The molecule has 2 aromatic rings. The van der Waals surface area contributed by atoms with E-state index in [-0.39, 0.29) is 18.0 Å². The van der Waals surface area contributed by atoms with Crippen LogP contribution in [0, 0.1) is 0 Å². The number of nitrogens with zero attached hydrogens (tertiary/aromatic N) is 1. The van der Waals surface area contributed by atoms with Crippen molar-refractivity contribution in [1.29, 1.82) is 0 Å². The number of carbonyl (C=O) groups is 2. The Bertz CT molecular complexity index is 822. The van der Waals surface area contributed by atoms with Gasteiger partial charge < -0.3 is 15.5 Å². The number of urea groups is 1. The third-order valence-corrected chi connectivity index (χ3v) is 5.68. The van der Waals surface area contributed by atoms with Gasteiger partial charge in [-0.05, 0) is 43.0 Å². The highest BCUT2D eigenvalue weighted by Gasteiger charge is 2.23. The van der Waals surface area contributed by atoms with Crippen molar-refractivity contribution in [3.63, 3.8) is 0 Å². The molecule has 0 aliphatic carbocycles. The monoisotopic (exact) mass is 419 g/mol. The molecule has 1 aliphatic rings. The molecule has 5 nitrogen and oxygen atoms in total. The van der Waals surface area contributed by atoms with Crippen LogP contribution in [-0.2, 0) is 11.2 Å². The third kappa shape index (κ3) is 5.63. The van der Waals surface area contributed by atoms with Crippen LogP contribution in [0.2, 0.25) is 10.0 Å². The zero-order chi connectivity index (χ0) is 19.9. The maximum Gasteiger partial charge on any atom is 0.321 e. The molecule has 28 heavy (non-hydrogen) atoms. The van der Waals surface area contributed by atoms with Crippen LogP contribution in [0.1, 0.15) is 24.8 Å². The van der Waals surface area contributed by atoms with E-state index in [9.17, 15) is 9.59 Å². The normalized spacial score (nSPS) is 14.6. The number of amides is 3. The number of anilines is 1. The van der Waals surface area contributed by atoms with Crippen LogP contribution in [0.3, 0.4) is 0 Å². The molecular formula is C21H23Cl2N3O2. The molecule has 7 heteroatoms. The van der Waals surface area contributed by atoms with Gasteiger partial charge >= 0.3 is 6.03 Å². The molecule has 0 unspecified atom stereocenters. The largest absolute Gasteiger partial charge is 0.353 e. The van der Waals surface area contributed by atoms with Crippen LogP contribution in [-0.4, -0.2) is 36.0 Å². The zero-order valence-corrected chi connectivity index (χ0v) is 17.0. The highest BCUT2D eigenvalue weighted by molar-refractivity contribution is 6.42. The molecule has 3 amide bonds. The number of para-hydroxylation sites is 1. The first kappa shape index (κ1) is 20.5. The van der Waals surface area contributed by atoms with E-state index in [2.05, 4.69) is 10.6 Å². The number of hydrogen-bond acceptors (Lipinski definition) is 2. The quantitative estimate of drug-likeness (QED) is 0.734. The summed E-state index contributed by atoms with van der Waals surface area (Å²) in [6, 6.07) is 14.8. The minimum Gasteiger partial charge on any atom is -0.353 e. The summed E-state index contributed by atoms with van der Waals surface area (Å²) in [6.07, 6.45) is 2.38. The molecule has 2 N–H and O–H groups in total. The lowest BCUT2D eigenvalue weighted by molar-refractivity contribution is -0.122. The number of halogens is 2. The molecule has 1 fully saturated rings. The van der Waals surface area contributed by atoms with Crippen LogP contribution in [0.5, 0.6) is 0 Å². The fourth-order valence-electron chi connectivity index (χ4n) is 3.24. The molecule has 1 heterocycles. The highest BCUT2D eigenvalue weighted by atomic mass is 35.5. The second kappa shape index (κ2) is 9.80. The highest BCUT2D eigenvalue weighted by Crippen LogP contribution is 2.26. The van der Waals surface area contributed by atoms with Crippen molar-refractivity contribution in [2.24, 2.45) is 0 Å². The second-order valence-electron chi connectivity index (χ2n) is 6.84. The van der Waals surface area contributed by atoms with Gasteiger partial charge in [-0.2, -0.15) is 0 Å². The SMILES string of the molecule is O=C(CCc1cccc(Cl)c1Cl)NC1CCN(C(=O)Nc2ccccc2)CC1. The third-order valence-electron chi connectivity index (χ3n) is 4.83. The summed E-state index contributed by atoms with van der Waals surface area (Å²) in [5, 5.41) is 6.96. The lowest BCUT2D eigenvalue weighted by atomic mass is 10.0. The van der Waals surface area contributed by atoms with Gasteiger partial charge in [-0.3, -0.25) is 4.79 Å². The standard InChI is InChI=1S/C21H23Cl2N3O2/c22-18-8-4-5-15(20(18)23)9-10-19(27)24-17-11-13-26(14-12-17)21(28)25-16-6-2-1-3-7-16/h1-8,17H,9-14H2,(H,24,27)(H,25,28). The van der Waals surface area contributed by atoms with Gasteiger partial charge in [0.2, 0.25) is 5.91 Å². The Labute approximate surface area is 175 Å². The van der Waals surface area contributed by atoms with E-state index >= 15 is 0 Å². The summed E-state index contributed by atoms with van der Waals surface area (Å²) < 4.78 is 0. The van der Waals surface area contributed by atoms with Crippen LogP contribution in [0.4, 0.5) is 10.5 Å². The molecule has 1 saturated heterocycles. The molecule has 0 saturated carbocycles. The maximum atomic E-state index is 12.3. The van der Waals surface area contributed by atoms with E-state index in [0.717, 1.165) is 24.1 Å². The van der Waals surface area contributed by atoms with Gasteiger partial charge in [0, 0.05) is 31.2 Å². The summed E-state index contributed by atoms with van der Waals surface area (Å²) in [4.78, 5) is 26.4. The van der Waals surface area contributed by atoms with Crippen molar-refractivity contribution >= 4 is 40.8 Å². The number of hydrogen-bond donors (Lipinski definition) is 2. The Balaban J connectivity index is 1.40. The fourth-order valence-corrected chi connectivity index (χ4v) is 3.66. The van der Waals surface area contributed by atoms with Crippen molar-refractivity contribution < 1.29 is 9.59 Å². The Morgan fingerprint density at radius 1 is 1.00 bits per heavy atom. The minimum atomic E-state index is -0.105. The van der Waals surface area contributed by atoms with Crippen molar-refractivity contribution in [1.82, 2.24) is 10.2 Å². The molecule has 1 aliphatic heterocycles. The van der Waals surface area contributed by atoms with Crippen LogP contribution < -0.4 is 10.6 Å². The Morgan fingerprint density at radius 2 is 1.71 bits per heavy atom. The smallest absolute Gasteiger partial charge is 0.321 e. The molecule has 148 valence electrons. The first-order chi connectivity index (χ1) is 13.5. The lowest BCUT2D eigenvalue weighted by Gasteiger charge is -2.32. The molecule has 0 bridgehead atoms. The zero-order valence-electron chi connectivity index (χ0n) is 15.5. The van der Waals surface area contributed by atoms with E-state index in [1.54, 1.807) is 11.0 Å². The van der Waals surface area contributed by atoms with Crippen molar-refractivity contribution in [2.45, 2.75) is 31.7 Å². The first-order valence-corrected chi connectivity index (χ1v) is 10.1. The average molecular weight is 420 g/mol. The first-order valence-electron chi connectivity index (χ1n) is 9.36. The van der Waals surface area contributed by atoms with E-state index < -0.39 is 0 Å². The van der Waals surface area contributed by atoms with Crippen LogP contribution in [0.25, 0.3) is 0 Å². The van der Waals surface area contributed by atoms with Gasteiger partial charge in [0.05, 0.1) is 10.0 Å². The Kier molecular flexibility index (Phi) is 7.18. The number of nitrogens with one attached hydrogen (secondary N) is 2. The van der Waals surface area contributed by atoms with E-state index in [4.69, 9.17) is 23.2 Å². The summed E-state index contributed by atoms with van der Waals surface area (Å²) in [7, 11) is 0. The predicted octanol–water partition coefficient (Wildman–Crippen LogP) is 4.74. The molecule has 2 aromatic carbocycles. The topological polar surface area (TPSA) is 61.4 Å². The lowest BCUT2D eigenvalue weighted by Crippen LogP contribution is -2.47. The number of benzene rings is 2. The number of carbonyl (C=O) groups excluding carboxylic acids is 2. The Hall–Kier alpha value is -2.24. The number of rotatable bonds is 5. The number of aryl methyl sites for hydroxylation is 1. The van der Waals surface area contributed by atoms with E-state index in [1.165, 1.54) is 0 Å². The maximum absolute atomic E-state index is 12.3. The van der Waals surface area contributed by atoms with Gasteiger partial charge in [0.1, 0.15) is 0 Å². The van der Waals surface area contributed by atoms with Gasteiger partial charge in [-0.1, -0.05) is 53.5 Å². The summed E-state index contributed by atoms with van der Waals surface area (Å²) in [6.45, 7) is 1.23. The molecule has 0 radical (unpaired) electrons. The van der Waals surface area contributed by atoms with Crippen molar-refractivity contribution in [3.05, 3.63) is 64.1 Å². The number of likely N-dealkylation sites (tertiary alicyclic amines) is 1. The van der Waals surface area contributed by atoms with Gasteiger partial charge in [-0.25, -0.2) is 4.79 Å². The predicted molar refractivity (Wildman–Crippen MR) is 113 cm³/mol. The summed E-state index contributed by atoms with van der Waals surface area (Å²) in [5.74, 6) is -0.0109. The van der Waals surface area contributed by atoms with Gasteiger partial charge in [0.15, 0.2) is 0 Å². The van der Waals surface area contributed by atoms with E-state index in [1.807, 2.05) is 42.5 Å². The summed E-state index contributed by atoms with van der Waals surface area (Å²) >= 11 is 12.2. The van der Waals surface area contributed by atoms with Crippen molar-refractivity contribution in [3.8, 4) is 0 Å². The van der Waals surface area contributed by atoms with Crippen LogP contribution >= 0.6 is 23.2 Å². The second-order valence-corrected chi connectivity index (χ2v) is 7.62.